The van der Waals surface area contributed by atoms with Crippen molar-refractivity contribution in [2.45, 2.75) is 19.4 Å². The third kappa shape index (κ3) is 4.75. The van der Waals surface area contributed by atoms with E-state index in [0.717, 1.165) is 18.0 Å². The summed E-state index contributed by atoms with van der Waals surface area (Å²) < 4.78 is 0. The zero-order chi connectivity index (χ0) is 12.1. The highest BCUT2D eigenvalue weighted by atomic mass is 35.5. The predicted octanol–water partition coefficient (Wildman–Crippen LogP) is 1.96. The van der Waals surface area contributed by atoms with Crippen molar-refractivity contribution in [3.63, 3.8) is 0 Å². The van der Waals surface area contributed by atoms with E-state index >= 15 is 0 Å². The van der Waals surface area contributed by atoms with E-state index in [9.17, 15) is 4.79 Å². The lowest BCUT2D eigenvalue weighted by Crippen LogP contribution is -2.34. The molecule has 0 aromatic heterocycles. The third-order valence-electron chi connectivity index (χ3n) is 2.82. The van der Waals surface area contributed by atoms with Gasteiger partial charge in [-0.05, 0) is 43.0 Å². The average molecular weight is 253 g/mol. The monoisotopic (exact) mass is 252 g/mol. The van der Waals surface area contributed by atoms with Gasteiger partial charge in [0, 0.05) is 11.6 Å². The molecule has 0 heterocycles. The molecule has 4 heteroatoms. The summed E-state index contributed by atoms with van der Waals surface area (Å²) in [5, 5.41) is 6.74. The standard InChI is InChI=1S/C13H17ClN2O/c14-12-5-3-11(4-6-12)8-16-13(17)9-15-7-10-1-2-10/h3-6,10,15H,1-2,7-9H2,(H,16,17). The van der Waals surface area contributed by atoms with Gasteiger partial charge in [0.25, 0.3) is 0 Å². The highest BCUT2D eigenvalue weighted by molar-refractivity contribution is 6.30. The van der Waals surface area contributed by atoms with Crippen molar-refractivity contribution in [3.05, 3.63) is 34.9 Å². The minimum absolute atomic E-state index is 0.0422. The summed E-state index contributed by atoms with van der Waals surface area (Å²) in [6.07, 6.45) is 2.61. The topological polar surface area (TPSA) is 41.1 Å². The van der Waals surface area contributed by atoms with Crippen LogP contribution in [0.3, 0.4) is 0 Å². The Kier molecular flexibility index (Phi) is 4.40. The number of amides is 1. The van der Waals surface area contributed by atoms with Gasteiger partial charge in [-0.1, -0.05) is 23.7 Å². The van der Waals surface area contributed by atoms with E-state index in [1.54, 1.807) is 0 Å². The molecule has 0 radical (unpaired) electrons. The van der Waals surface area contributed by atoms with Crippen LogP contribution in [-0.4, -0.2) is 19.0 Å². The van der Waals surface area contributed by atoms with Gasteiger partial charge >= 0.3 is 0 Å². The van der Waals surface area contributed by atoms with Gasteiger partial charge in [0.1, 0.15) is 0 Å². The molecule has 1 aliphatic carbocycles. The van der Waals surface area contributed by atoms with Gasteiger partial charge in [-0.15, -0.1) is 0 Å². The molecular weight excluding hydrogens is 236 g/mol. The minimum Gasteiger partial charge on any atom is -0.351 e. The Bertz CT molecular complexity index is 374. The number of carbonyl (C=O) groups is 1. The molecule has 0 saturated heterocycles. The molecule has 1 aliphatic rings. The Hall–Kier alpha value is -1.06. The van der Waals surface area contributed by atoms with E-state index in [1.807, 2.05) is 24.3 Å². The van der Waals surface area contributed by atoms with Crippen LogP contribution in [0.4, 0.5) is 0 Å². The normalized spacial score (nSPS) is 14.6. The van der Waals surface area contributed by atoms with E-state index < -0.39 is 0 Å². The largest absolute Gasteiger partial charge is 0.351 e. The van der Waals surface area contributed by atoms with Crippen LogP contribution in [0.1, 0.15) is 18.4 Å². The lowest BCUT2D eigenvalue weighted by molar-refractivity contribution is -0.120. The Morgan fingerprint density at radius 3 is 2.65 bits per heavy atom. The van der Waals surface area contributed by atoms with Gasteiger partial charge in [-0.3, -0.25) is 4.79 Å². The molecule has 17 heavy (non-hydrogen) atoms. The lowest BCUT2D eigenvalue weighted by atomic mass is 10.2. The van der Waals surface area contributed by atoms with Crippen LogP contribution in [0.2, 0.25) is 5.02 Å². The number of rotatable bonds is 6. The van der Waals surface area contributed by atoms with Crippen molar-refractivity contribution in [1.29, 1.82) is 0 Å². The summed E-state index contributed by atoms with van der Waals surface area (Å²) in [7, 11) is 0. The van der Waals surface area contributed by atoms with Crippen molar-refractivity contribution in [3.8, 4) is 0 Å². The summed E-state index contributed by atoms with van der Waals surface area (Å²) in [4.78, 5) is 11.5. The first-order valence-corrected chi connectivity index (χ1v) is 6.33. The maximum absolute atomic E-state index is 11.5. The molecule has 0 spiro atoms. The maximum atomic E-state index is 11.5. The molecule has 3 nitrogen and oxygen atoms in total. The lowest BCUT2D eigenvalue weighted by Gasteiger charge is -2.06. The van der Waals surface area contributed by atoms with E-state index in [4.69, 9.17) is 11.6 Å². The molecule has 2 N–H and O–H groups in total. The minimum atomic E-state index is 0.0422. The Morgan fingerprint density at radius 1 is 1.29 bits per heavy atom. The Labute approximate surface area is 107 Å². The van der Waals surface area contributed by atoms with E-state index in [1.165, 1.54) is 12.8 Å². The van der Waals surface area contributed by atoms with Crippen LogP contribution >= 0.6 is 11.6 Å². The van der Waals surface area contributed by atoms with E-state index in [-0.39, 0.29) is 5.91 Å². The molecule has 0 aliphatic heterocycles. The number of halogens is 1. The molecular formula is C13H17ClN2O. The van der Waals surface area contributed by atoms with Crippen LogP contribution < -0.4 is 10.6 Å². The quantitative estimate of drug-likeness (QED) is 0.813. The second kappa shape index (κ2) is 6.03. The number of benzene rings is 1. The molecule has 1 saturated carbocycles. The van der Waals surface area contributed by atoms with Gasteiger partial charge in [-0.25, -0.2) is 0 Å². The number of carbonyl (C=O) groups excluding carboxylic acids is 1. The first kappa shape index (κ1) is 12.4. The molecule has 2 rings (SSSR count). The highest BCUT2D eigenvalue weighted by Gasteiger charge is 2.20. The van der Waals surface area contributed by atoms with Crippen molar-refractivity contribution in [2.75, 3.05) is 13.1 Å². The van der Waals surface area contributed by atoms with Crippen molar-refractivity contribution >= 4 is 17.5 Å². The van der Waals surface area contributed by atoms with E-state index in [2.05, 4.69) is 10.6 Å². The first-order valence-electron chi connectivity index (χ1n) is 5.96. The van der Waals surface area contributed by atoms with E-state index in [0.29, 0.717) is 18.1 Å². The fourth-order valence-corrected chi connectivity index (χ4v) is 1.70. The molecule has 0 atom stereocenters. The van der Waals surface area contributed by atoms with Crippen LogP contribution in [0.15, 0.2) is 24.3 Å². The maximum Gasteiger partial charge on any atom is 0.234 e. The second-order valence-electron chi connectivity index (χ2n) is 4.48. The van der Waals surface area contributed by atoms with Gasteiger partial charge < -0.3 is 10.6 Å². The van der Waals surface area contributed by atoms with Crippen LogP contribution in [0.5, 0.6) is 0 Å². The average Bonchev–Trinajstić information content (AvgIpc) is 3.12. The fraction of sp³-hybridized carbons (Fsp3) is 0.462. The molecule has 1 fully saturated rings. The number of hydrogen-bond acceptors (Lipinski definition) is 2. The highest BCUT2D eigenvalue weighted by Crippen LogP contribution is 2.27. The summed E-state index contributed by atoms with van der Waals surface area (Å²) >= 11 is 5.78. The Balaban J connectivity index is 1.62. The first-order chi connectivity index (χ1) is 8.24. The molecule has 1 aromatic carbocycles. The SMILES string of the molecule is O=C(CNCC1CC1)NCc1ccc(Cl)cc1. The summed E-state index contributed by atoms with van der Waals surface area (Å²) in [6, 6.07) is 7.49. The third-order valence-corrected chi connectivity index (χ3v) is 3.07. The summed E-state index contributed by atoms with van der Waals surface area (Å²) in [6.45, 7) is 1.93. The zero-order valence-electron chi connectivity index (χ0n) is 9.71. The molecule has 92 valence electrons. The molecule has 1 amide bonds. The summed E-state index contributed by atoms with van der Waals surface area (Å²) in [5.41, 5.74) is 1.06. The van der Waals surface area contributed by atoms with Crippen LogP contribution in [0, 0.1) is 5.92 Å². The van der Waals surface area contributed by atoms with Gasteiger partial charge in [0.05, 0.1) is 6.54 Å². The van der Waals surface area contributed by atoms with Crippen molar-refractivity contribution < 1.29 is 4.79 Å². The zero-order valence-corrected chi connectivity index (χ0v) is 10.5. The van der Waals surface area contributed by atoms with Crippen molar-refractivity contribution in [1.82, 2.24) is 10.6 Å². The smallest absolute Gasteiger partial charge is 0.234 e. The summed E-state index contributed by atoms with van der Waals surface area (Å²) in [5.74, 6) is 0.847. The number of hydrogen-bond donors (Lipinski definition) is 2. The fourth-order valence-electron chi connectivity index (χ4n) is 1.58. The van der Waals surface area contributed by atoms with Crippen LogP contribution in [0.25, 0.3) is 0 Å². The molecule has 0 bridgehead atoms. The van der Waals surface area contributed by atoms with Gasteiger partial charge in [-0.2, -0.15) is 0 Å². The second-order valence-corrected chi connectivity index (χ2v) is 4.91. The van der Waals surface area contributed by atoms with Crippen LogP contribution in [-0.2, 0) is 11.3 Å². The Morgan fingerprint density at radius 2 is 2.00 bits per heavy atom. The molecule has 1 aromatic rings. The molecule has 0 unspecified atom stereocenters. The van der Waals surface area contributed by atoms with Gasteiger partial charge in [0.15, 0.2) is 0 Å². The number of nitrogens with one attached hydrogen (secondary N) is 2. The van der Waals surface area contributed by atoms with Gasteiger partial charge in [0.2, 0.25) is 5.91 Å². The predicted molar refractivity (Wildman–Crippen MR) is 68.9 cm³/mol. The van der Waals surface area contributed by atoms with Crippen molar-refractivity contribution in [2.24, 2.45) is 5.92 Å².